The average Bonchev–Trinajstić information content (AvgIpc) is 3.11. The lowest BCUT2D eigenvalue weighted by molar-refractivity contribution is -0.118. The third kappa shape index (κ3) is 5.59. The molecule has 6 nitrogen and oxygen atoms in total. The van der Waals surface area contributed by atoms with Gasteiger partial charge in [-0.3, -0.25) is 4.79 Å². The van der Waals surface area contributed by atoms with Gasteiger partial charge in [-0.05, 0) is 30.7 Å². The standard InChI is InChI=1S/C20H22N4O2S/c1-2-3-12-26-18-11-7-4-8-15(18)13-21-24-19(25)14-27-20-22-16-9-5-6-10-17(16)23-20/h4-11,13H,2-3,12,14H2,1H3,(H,22,23)(H,24,25)/b21-13+. The van der Waals surface area contributed by atoms with Crippen molar-refractivity contribution in [3.8, 4) is 5.75 Å². The fourth-order valence-electron chi connectivity index (χ4n) is 2.38. The summed E-state index contributed by atoms with van der Waals surface area (Å²) in [6.45, 7) is 2.79. The van der Waals surface area contributed by atoms with Crippen molar-refractivity contribution in [2.45, 2.75) is 24.9 Å². The van der Waals surface area contributed by atoms with Crippen molar-refractivity contribution in [1.29, 1.82) is 0 Å². The monoisotopic (exact) mass is 382 g/mol. The van der Waals surface area contributed by atoms with E-state index in [9.17, 15) is 4.79 Å². The molecule has 0 bridgehead atoms. The number of aromatic nitrogens is 2. The summed E-state index contributed by atoms with van der Waals surface area (Å²) in [5, 5.41) is 4.75. The smallest absolute Gasteiger partial charge is 0.250 e. The number of benzene rings is 2. The number of para-hydroxylation sites is 3. The summed E-state index contributed by atoms with van der Waals surface area (Å²) in [4.78, 5) is 19.6. The Morgan fingerprint density at radius 1 is 1.26 bits per heavy atom. The highest BCUT2D eigenvalue weighted by Gasteiger charge is 2.06. The van der Waals surface area contributed by atoms with E-state index >= 15 is 0 Å². The first-order valence-electron chi connectivity index (χ1n) is 8.87. The highest BCUT2D eigenvalue weighted by Crippen LogP contribution is 2.19. The van der Waals surface area contributed by atoms with E-state index in [-0.39, 0.29) is 11.7 Å². The molecular weight excluding hydrogens is 360 g/mol. The third-order valence-corrected chi connectivity index (χ3v) is 4.65. The van der Waals surface area contributed by atoms with E-state index in [0.29, 0.717) is 11.8 Å². The molecule has 140 valence electrons. The Hall–Kier alpha value is -2.80. The minimum atomic E-state index is -0.193. The molecule has 0 aliphatic heterocycles. The Kier molecular flexibility index (Phi) is 6.87. The number of nitrogens with zero attached hydrogens (tertiary/aromatic N) is 2. The molecule has 7 heteroatoms. The van der Waals surface area contributed by atoms with Crippen LogP contribution in [0.15, 0.2) is 58.8 Å². The van der Waals surface area contributed by atoms with E-state index in [1.807, 2.05) is 48.5 Å². The van der Waals surface area contributed by atoms with E-state index in [4.69, 9.17) is 4.74 Å². The molecule has 0 aliphatic rings. The second-order valence-corrected chi connectivity index (χ2v) is 6.84. The SMILES string of the molecule is CCCCOc1ccccc1/C=N/NC(=O)CSc1nc2ccccc2[nH]1. The predicted molar refractivity (Wildman–Crippen MR) is 109 cm³/mol. The van der Waals surface area contributed by atoms with Gasteiger partial charge < -0.3 is 9.72 Å². The number of imidazole rings is 1. The summed E-state index contributed by atoms with van der Waals surface area (Å²) in [5.74, 6) is 0.799. The summed E-state index contributed by atoms with van der Waals surface area (Å²) in [6, 6.07) is 15.4. The average molecular weight is 382 g/mol. The van der Waals surface area contributed by atoms with Crippen LogP contribution in [0.5, 0.6) is 5.75 Å². The molecule has 1 amide bonds. The van der Waals surface area contributed by atoms with E-state index in [1.165, 1.54) is 11.8 Å². The number of carbonyl (C=O) groups excluding carboxylic acids is 1. The Labute approximate surface area is 162 Å². The Balaban J connectivity index is 1.50. The van der Waals surface area contributed by atoms with Crippen LogP contribution in [-0.4, -0.2) is 34.4 Å². The van der Waals surface area contributed by atoms with E-state index < -0.39 is 0 Å². The molecule has 2 N–H and O–H groups in total. The zero-order valence-electron chi connectivity index (χ0n) is 15.1. The minimum absolute atomic E-state index is 0.193. The van der Waals surface area contributed by atoms with Gasteiger partial charge in [0.2, 0.25) is 0 Å². The number of ether oxygens (including phenoxy) is 1. The number of carbonyl (C=O) groups is 1. The van der Waals surface area contributed by atoms with Crippen LogP contribution >= 0.6 is 11.8 Å². The van der Waals surface area contributed by atoms with Crippen LogP contribution in [0.2, 0.25) is 0 Å². The number of fused-ring (bicyclic) bond motifs is 1. The molecule has 27 heavy (non-hydrogen) atoms. The van der Waals surface area contributed by atoms with Crippen LogP contribution in [0.3, 0.4) is 0 Å². The molecule has 0 spiro atoms. The molecule has 1 heterocycles. The molecule has 0 saturated carbocycles. The molecule has 0 atom stereocenters. The van der Waals surface area contributed by atoms with Crippen molar-refractivity contribution in [2.24, 2.45) is 5.10 Å². The largest absolute Gasteiger partial charge is 0.493 e. The lowest BCUT2D eigenvalue weighted by Crippen LogP contribution is -2.19. The number of rotatable bonds is 9. The van der Waals surface area contributed by atoms with Gasteiger partial charge in [0.15, 0.2) is 5.16 Å². The number of nitrogens with one attached hydrogen (secondary N) is 2. The molecule has 0 saturated heterocycles. The molecule has 3 aromatic rings. The highest BCUT2D eigenvalue weighted by atomic mass is 32.2. The molecule has 3 rings (SSSR count). The van der Waals surface area contributed by atoms with Gasteiger partial charge in [0.25, 0.3) is 5.91 Å². The van der Waals surface area contributed by atoms with Gasteiger partial charge in [-0.25, -0.2) is 10.4 Å². The van der Waals surface area contributed by atoms with E-state index in [0.717, 1.165) is 35.2 Å². The summed E-state index contributed by atoms with van der Waals surface area (Å²) in [7, 11) is 0. The first-order valence-corrected chi connectivity index (χ1v) is 9.86. The quantitative estimate of drug-likeness (QED) is 0.254. The Bertz CT molecular complexity index is 890. The summed E-state index contributed by atoms with van der Waals surface area (Å²) >= 11 is 1.34. The van der Waals surface area contributed by atoms with Crippen molar-refractivity contribution >= 4 is 34.9 Å². The second kappa shape index (κ2) is 9.78. The lowest BCUT2D eigenvalue weighted by atomic mass is 10.2. The van der Waals surface area contributed by atoms with Gasteiger partial charge in [0, 0.05) is 5.56 Å². The van der Waals surface area contributed by atoms with Crippen LogP contribution in [0.4, 0.5) is 0 Å². The van der Waals surface area contributed by atoms with Crippen LogP contribution in [-0.2, 0) is 4.79 Å². The fourth-order valence-corrected chi connectivity index (χ4v) is 3.06. The number of hydrogen-bond donors (Lipinski definition) is 2. The van der Waals surface area contributed by atoms with Crippen LogP contribution in [0, 0.1) is 0 Å². The van der Waals surface area contributed by atoms with Crippen molar-refractivity contribution in [3.05, 3.63) is 54.1 Å². The Morgan fingerprint density at radius 2 is 2.07 bits per heavy atom. The van der Waals surface area contributed by atoms with Gasteiger partial charge in [0.1, 0.15) is 5.75 Å². The highest BCUT2D eigenvalue weighted by molar-refractivity contribution is 7.99. The molecule has 0 radical (unpaired) electrons. The predicted octanol–water partition coefficient (Wildman–Crippen LogP) is 3.98. The molecule has 0 unspecified atom stereocenters. The second-order valence-electron chi connectivity index (χ2n) is 5.88. The third-order valence-electron chi connectivity index (χ3n) is 3.77. The van der Waals surface area contributed by atoms with Gasteiger partial charge in [-0.15, -0.1) is 0 Å². The maximum atomic E-state index is 12.0. The maximum absolute atomic E-state index is 12.0. The van der Waals surface area contributed by atoms with Crippen molar-refractivity contribution in [2.75, 3.05) is 12.4 Å². The zero-order valence-corrected chi connectivity index (χ0v) is 16.0. The summed E-state index contributed by atoms with van der Waals surface area (Å²) in [5.41, 5.74) is 5.22. The first-order chi connectivity index (χ1) is 13.3. The number of hydrazone groups is 1. The van der Waals surface area contributed by atoms with Gasteiger partial charge in [0.05, 0.1) is 29.6 Å². The zero-order chi connectivity index (χ0) is 18.9. The number of H-pyrrole nitrogens is 1. The molecule has 2 aromatic carbocycles. The first kappa shape index (κ1) is 19.0. The van der Waals surface area contributed by atoms with Gasteiger partial charge in [-0.1, -0.05) is 49.4 Å². The van der Waals surface area contributed by atoms with Crippen LogP contribution in [0.25, 0.3) is 11.0 Å². The maximum Gasteiger partial charge on any atom is 0.250 e. The normalized spacial score (nSPS) is 11.1. The number of hydrogen-bond acceptors (Lipinski definition) is 5. The van der Waals surface area contributed by atoms with Crippen molar-refractivity contribution < 1.29 is 9.53 Å². The van der Waals surface area contributed by atoms with Gasteiger partial charge in [-0.2, -0.15) is 5.10 Å². The number of aromatic amines is 1. The lowest BCUT2D eigenvalue weighted by Gasteiger charge is -2.07. The number of thioether (sulfide) groups is 1. The fraction of sp³-hybridized carbons (Fsp3) is 0.250. The molecule has 1 aromatic heterocycles. The van der Waals surface area contributed by atoms with Crippen molar-refractivity contribution in [1.82, 2.24) is 15.4 Å². The number of unbranched alkanes of at least 4 members (excludes halogenated alkanes) is 1. The van der Waals surface area contributed by atoms with E-state index in [1.54, 1.807) is 6.21 Å². The van der Waals surface area contributed by atoms with Gasteiger partial charge >= 0.3 is 0 Å². The summed E-state index contributed by atoms with van der Waals surface area (Å²) in [6.07, 6.45) is 3.68. The van der Waals surface area contributed by atoms with Crippen LogP contribution < -0.4 is 10.2 Å². The Morgan fingerprint density at radius 3 is 2.93 bits per heavy atom. The molecular formula is C20H22N4O2S. The minimum Gasteiger partial charge on any atom is -0.493 e. The van der Waals surface area contributed by atoms with Crippen LogP contribution in [0.1, 0.15) is 25.3 Å². The van der Waals surface area contributed by atoms with E-state index in [2.05, 4.69) is 27.4 Å². The number of amides is 1. The molecule has 0 fully saturated rings. The topological polar surface area (TPSA) is 79.4 Å². The van der Waals surface area contributed by atoms with Crippen molar-refractivity contribution in [3.63, 3.8) is 0 Å². The summed E-state index contributed by atoms with van der Waals surface area (Å²) < 4.78 is 5.75. The molecule has 0 aliphatic carbocycles.